The number of anilines is 1. The van der Waals surface area contributed by atoms with Crippen molar-refractivity contribution >= 4 is 22.2 Å². The number of nitro groups is 1. The maximum atomic E-state index is 10.4. The molecule has 1 aromatic heterocycles. The first-order valence-electron chi connectivity index (χ1n) is 4.29. The fraction of sp³-hybridized carbons (Fsp3) is 0. The van der Waals surface area contributed by atoms with Crippen LogP contribution in [0.4, 0.5) is 10.8 Å². The topological polar surface area (TPSA) is 91.3 Å². The molecule has 82 valence electrons. The molecule has 2 N–H and O–H groups in total. The van der Waals surface area contributed by atoms with Crippen molar-refractivity contribution in [2.75, 3.05) is 5.73 Å². The lowest BCUT2D eigenvalue weighted by molar-refractivity contribution is -0.384. The van der Waals surface area contributed by atoms with Gasteiger partial charge in [0.1, 0.15) is 5.75 Å². The zero-order chi connectivity index (χ0) is 11.5. The number of thiazole rings is 1. The van der Waals surface area contributed by atoms with Crippen molar-refractivity contribution in [3.05, 3.63) is 40.6 Å². The van der Waals surface area contributed by atoms with Crippen molar-refractivity contribution in [1.82, 2.24) is 4.98 Å². The Morgan fingerprint density at radius 2 is 2.06 bits per heavy atom. The van der Waals surface area contributed by atoms with Crippen LogP contribution < -0.4 is 10.5 Å². The first kappa shape index (κ1) is 10.4. The predicted octanol–water partition coefficient (Wildman–Crippen LogP) is 2.43. The van der Waals surface area contributed by atoms with Gasteiger partial charge in [-0.25, -0.2) is 4.98 Å². The van der Waals surface area contributed by atoms with E-state index in [9.17, 15) is 10.1 Å². The first-order valence-corrected chi connectivity index (χ1v) is 5.10. The number of hydrogen-bond donors (Lipinski definition) is 1. The van der Waals surface area contributed by atoms with Crippen molar-refractivity contribution in [3.8, 4) is 10.8 Å². The van der Waals surface area contributed by atoms with Gasteiger partial charge < -0.3 is 10.5 Å². The highest BCUT2D eigenvalue weighted by Gasteiger charge is 2.06. The summed E-state index contributed by atoms with van der Waals surface area (Å²) in [5.74, 6) is 0.509. The number of aromatic nitrogens is 1. The van der Waals surface area contributed by atoms with Crippen LogP contribution in [0.2, 0.25) is 0 Å². The van der Waals surface area contributed by atoms with Crippen molar-refractivity contribution in [3.63, 3.8) is 0 Å². The third kappa shape index (κ3) is 2.26. The van der Waals surface area contributed by atoms with Gasteiger partial charge in [0.05, 0.1) is 11.1 Å². The van der Waals surface area contributed by atoms with Crippen LogP contribution in [0.15, 0.2) is 30.5 Å². The van der Waals surface area contributed by atoms with Crippen molar-refractivity contribution in [2.24, 2.45) is 0 Å². The number of nitro benzene ring substituents is 1. The van der Waals surface area contributed by atoms with Crippen LogP contribution >= 0.6 is 11.3 Å². The van der Waals surface area contributed by atoms with Gasteiger partial charge in [-0.1, -0.05) is 11.3 Å². The summed E-state index contributed by atoms with van der Waals surface area (Å²) in [5, 5.41) is 11.4. The van der Waals surface area contributed by atoms with E-state index >= 15 is 0 Å². The van der Waals surface area contributed by atoms with Crippen LogP contribution in [-0.2, 0) is 0 Å². The Kier molecular flexibility index (Phi) is 2.69. The van der Waals surface area contributed by atoms with Gasteiger partial charge in [-0.05, 0) is 12.1 Å². The Morgan fingerprint density at radius 1 is 1.38 bits per heavy atom. The lowest BCUT2D eigenvalue weighted by atomic mass is 10.3. The molecule has 0 aliphatic heterocycles. The minimum atomic E-state index is -0.464. The average Bonchev–Trinajstić information content (AvgIpc) is 2.65. The van der Waals surface area contributed by atoms with E-state index in [4.69, 9.17) is 10.5 Å². The zero-order valence-corrected chi connectivity index (χ0v) is 8.81. The molecular formula is C9H7N3O3S. The van der Waals surface area contributed by atoms with Crippen LogP contribution in [0.5, 0.6) is 10.8 Å². The molecule has 0 unspecified atom stereocenters. The first-order chi connectivity index (χ1) is 7.65. The maximum Gasteiger partial charge on any atom is 0.269 e. The number of hydrogen-bond acceptors (Lipinski definition) is 6. The second-order valence-electron chi connectivity index (χ2n) is 2.87. The van der Waals surface area contributed by atoms with Crippen molar-refractivity contribution in [2.45, 2.75) is 0 Å². The fourth-order valence-corrected chi connectivity index (χ4v) is 1.63. The van der Waals surface area contributed by atoms with Crippen LogP contribution in [0, 0.1) is 10.1 Å². The lowest BCUT2D eigenvalue weighted by Crippen LogP contribution is -1.87. The number of rotatable bonds is 3. The zero-order valence-electron chi connectivity index (χ0n) is 7.99. The smallest absolute Gasteiger partial charge is 0.269 e. The highest BCUT2D eigenvalue weighted by molar-refractivity contribution is 7.17. The molecule has 1 aromatic carbocycles. The molecule has 0 radical (unpaired) electrons. The summed E-state index contributed by atoms with van der Waals surface area (Å²) in [5.41, 5.74) is 5.46. The van der Waals surface area contributed by atoms with E-state index in [-0.39, 0.29) is 5.69 Å². The molecule has 16 heavy (non-hydrogen) atoms. The summed E-state index contributed by atoms with van der Waals surface area (Å²) in [4.78, 5) is 13.8. The Hall–Kier alpha value is -2.15. The summed E-state index contributed by atoms with van der Waals surface area (Å²) in [7, 11) is 0. The minimum Gasteiger partial charge on any atom is -0.445 e. The third-order valence-electron chi connectivity index (χ3n) is 1.77. The van der Waals surface area contributed by atoms with E-state index in [0.29, 0.717) is 15.9 Å². The van der Waals surface area contributed by atoms with E-state index in [2.05, 4.69) is 4.98 Å². The number of nitrogens with zero attached hydrogens (tertiary/aromatic N) is 2. The molecule has 1 heterocycles. The van der Waals surface area contributed by atoms with Gasteiger partial charge in [0, 0.05) is 12.1 Å². The molecule has 0 saturated heterocycles. The van der Waals surface area contributed by atoms with E-state index in [0.717, 1.165) is 0 Å². The summed E-state index contributed by atoms with van der Waals surface area (Å²) in [6, 6.07) is 5.79. The van der Waals surface area contributed by atoms with Crippen LogP contribution in [0.25, 0.3) is 0 Å². The maximum absolute atomic E-state index is 10.4. The fourth-order valence-electron chi connectivity index (χ4n) is 1.07. The predicted molar refractivity (Wildman–Crippen MR) is 59.7 cm³/mol. The monoisotopic (exact) mass is 237 g/mol. The van der Waals surface area contributed by atoms with Crippen LogP contribution in [-0.4, -0.2) is 9.91 Å². The van der Waals surface area contributed by atoms with Gasteiger partial charge in [-0.2, -0.15) is 0 Å². The molecule has 0 atom stereocenters. The summed E-state index contributed by atoms with van der Waals surface area (Å²) in [6.45, 7) is 0. The standard InChI is InChI=1S/C9H7N3O3S/c10-9-11-5-8(16-9)15-7-3-1-6(2-4-7)12(13)14/h1-5H,(H2,10,11). The number of non-ortho nitro benzene ring substituents is 1. The molecule has 2 rings (SSSR count). The Morgan fingerprint density at radius 3 is 2.56 bits per heavy atom. The third-order valence-corrected chi connectivity index (χ3v) is 2.47. The van der Waals surface area contributed by atoms with Gasteiger partial charge >= 0.3 is 0 Å². The second kappa shape index (κ2) is 4.15. The Bertz CT molecular complexity index is 509. The largest absolute Gasteiger partial charge is 0.445 e. The normalized spacial score (nSPS) is 10.0. The highest BCUT2D eigenvalue weighted by atomic mass is 32.1. The number of ether oxygens (including phenoxy) is 1. The average molecular weight is 237 g/mol. The van der Waals surface area contributed by atoms with Gasteiger partial charge in [-0.15, -0.1) is 0 Å². The molecule has 0 aliphatic rings. The molecule has 7 heteroatoms. The minimum absolute atomic E-state index is 0.0242. The molecule has 6 nitrogen and oxygen atoms in total. The molecule has 0 fully saturated rings. The van der Waals surface area contributed by atoms with Gasteiger partial charge in [-0.3, -0.25) is 10.1 Å². The van der Waals surface area contributed by atoms with E-state index in [1.807, 2.05) is 0 Å². The molecular weight excluding hydrogens is 230 g/mol. The molecule has 0 aliphatic carbocycles. The number of nitrogens with two attached hydrogens (primary N) is 1. The van der Waals surface area contributed by atoms with E-state index in [1.54, 1.807) is 0 Å². The Labute approximate surface area is 94.5 Å². The molecule has 2 aromatic rings. The SMILES string of the molecule is Nc1ncc(Oc2ccc([N+](=O)[O-])cc2)s1. The second-order valence-corrected chi connectivity index (χ2v) is 3.90. The number of nitrogen functional groups attached to an aromatic ring is 1. The van der Waals surface area contributed by atoms with Crippen LogP contribution in [0.1, 0.15) is 0 Å². The molecule has 0 bridgehead atoms. The molecule has 0 amide bonds. The van der Waals surface area contributed by atoms with E-state index in [1.165, 1.54) is 41.8 Å². The lowest BCUT2D eigenvalue weighted by Gasteiger charge is -2.00. The Balaban J connectivity index is 2.14. The van der Waals surface area contributed by atoms with Crippen LogP contribution in [0.3, 0.4) is 0 Å². The van der Waals surface area contributed by atoms with Gasteiger partial charge in [0.15, 0.2) is 5.13 Å². The van der Waals surface area contributed by atoms with Crippen molar-refractivity contribution in [1.29, 1.82) is 0 Å². The summed E-state index contributed by atoms with van der Waals surface area (Å²) in [6.07, 6.45) is 1.50. The molecule has 0 spiro atoms. The van der Waals surface area contributed by atoms with Crippen molar-refractivity contribution < 1.29 is 9.66 Å². The summed E-state index contributed by atoms with van der Waals surface area (Å²) >= 11 is 1.20. The van der Waals surface area contributed by atoms with Gasteiger partial charge in [0.25, 0.3) is 5.69 Å². The summed E-state index contributed by atoms with van der Waals surface area (Å²) < 4.78 is 5.39. The van der Waals surface area contributed by atoms with E-state index < -0.39 is 4.92 Å². The highest BCUT2D eigenvalue weighted by Crippen LogP contribution is 2.29. The van der Waals surface area contributed by atoms with Gasteiger partial charge in [0.2, 0.25) is 5.06 Å². The number of benzene rings is 1. The quantitative estimate of drug-likeness (QED) is 0.653. The molecule has 0 saturated carbocycles.